The predicted molar refractivity (Wildman–Crippen MR) is 113 cm³/mol. The summed E-state index contributed by atoms with van der Waals surface area (Å²) in [5.74, 6) is 3.47. The Morgan fingerprint density at radius 3 is 2.79 bits per heavy atom. The van der Waals surface area contributed by atoms with Crippen molar-refractivity contribution >= 4 is 22.7 Å². The molecule has 2 heterocycles. The van der Waals surface area contributed by atoms with Gasteiger partial charge in [-0.1, -0.05) is 55.7 Å². The summed E-state index contributed by atoms with van der Waals surface area (Å²) in [5, 5.41) is 5.58. The van der Waals surface area contributed by atoms with Crippen molar-refractivity contribution in [3.05, 3.63) is 46.3 Å². The third kappa shape index (κ3) is 3.61. The monoisotopic (exact) mass is 410 g/mol. The smallest absolute Gasteiger partial charge is 0.262 e. The van der Waals surface area contributed by atoms with E-state index in [1.165, 1.54) is 18.2 Å². The molecule has 6 nitrogen and oxygen atoms in total. The lowest BCUT2D eigenvalue weighted by atomic mass is 9.78. The van der Waals surface area contributed by atoms with E-state index in [1.54, 1.807) is 0 Å². The van der Waals surface area contributed by atoms with Gasteiger partial charge in [0.1, 0.15) is 0 Å². The van der Waals surface area contributed by atoms with Crippen molar-refractivity contribution in [3.8, 4) is 0 Å². The molecule has 2 saturated carbocycles. The SMILES string of the molecule is CC1CCCC(n2c(SCc3noc(C4CC4)n3)nc3ccccc3c2=O)C1C. The van der Waals surface area contributed by atoms with Crippen LogP contribution >= 0.6 is 11.8 Å². The van der Waals surface area contributed by atoms with Crippen LogP contribution in [0.3, 0.4) is 0 Å². The molecule has 2 aromatic heterocycles. The molecule has 0 amide bonds. The van der Waals surface area contributed by atoms with Crippen LogP contribution in [-0.2, 0) is 5.75 Å². The maximum absolute atomic E-state index is 13.5. The molecule has 0 bridgehead atoms. The van der Waals surface area contributed by atoms with Crippen molar-refractivity contribution in [3.63, 3.8) is 0 Å². The van der Waals surface area contributed by atoms with E-state index in [0.29, 0.717) is 34.7 Å². The topological polar surface area (TPSA) is 73.8 Å². The first-order valence-corrected chi connectivity index (χ1v) is 11.6. The fourth-order valence-corrected chi connectivity index (χ4v) is 5.29. The minimum Gasteiger partial charge on any atom is -0.339 e. The van der Waals surface area contributed by atoms with E-state index in [1.807, 2.05) is 28.8 Å². The van der Waals surface area contributed by atoms with E-state index in [-0.39, 0.29) is 11.6 Å². The first kappa shape index (κ1) is 18.9. The zero-order valence-electron chi connectivity index (χ0n) is 16.9. The number of rotatable bonds is 5. The standard InChI is InChI=1S/C22H26N4O2S/c1-13-6-5-9-18(14(13)2)26-21(27)16-7-3-4-8-17(16)23-22(26)29-12-19-24-20(28-25-19)15-10-11-15/h3-4,7-8,13-15,18H,5-6,9-12H2,1-2H3. The highest BCUT2D eigenvalue weighted by atomic mass is 32.2. The molecule has 2 fully saturated rings. The van der Waals surface area contributed by atoms with Crippen LogP contribution < -0.4 is 5.56 Å². The van der Waals surface area contributed by atoms with Crippen LogP contribution in [0.1, 0.15) is 69.6 Å². The Morgan fingerprint density at radius 1 is 1.14 bits per heavy atom. The number of hydrogen-bond acceptors (Lipinski definition) is 6. The molecule has 2 aliphatic rings. The van der Waals surface area contributed by atoms with Gasteiger partial charge in [0.25, 0.3) is 5.56 Å². The Morgan fingerprint density at radius 2 is 1.97 bits per heavy atom. The number of nitrogens with zero attached hydrogens (tertiary/aromatic N) is 4. The van der Waals surface area contributed by atoms with Gasteiger partial charge in [-0.2, -0.15) is 4.98 Å². The highest BCUT2D eigenvalue weighted by Gasteiger charge is 2.32. The quantitative estimate of drug-likeness (QED) is 0.438. The molecule has 7 heteroatoms. The fourth-order valence-electron chi connectivity index (χ4n) is 4.39. The first-order chi connectivity index (χ1) is 14.1. The van der Waals surface area contributed by atoms with E-state index in [2.05, 4.69) is 24.0 Å². The molecule has 5 rings (SSSR count). The molecule has 3 unspecified atom stereocenters. The Labute approximate surface area is 174 Å². The molecular weight excluding hydrogens is 384 g/mol. The van der Waals surface area contributed by atoms with E-state index < -0.39 is 0 Å². The van der Waals surface area contributed by atoms with Crippen molar-refractivity contribution in [1.29, 1.82) is 0 Å². The Hall–Kier alpha value is -2.15. The zero-order chi connectivity index (χ0) is 20.0. The van der Waals surface area contributed by atoms with Crippen molar-refractivity contribution in [2.24, 2.45) is 11.8 Å². The number of hydrogen-bond donors (Lipinski definition) is 0. The number of para-hydroxylation sites is 1. The second kappa shape index (κ2) is 7.59. The minimum absolute atomic E-state index is 0.0656. The van der Waals surface area contributed by atoms with Gasteiger partial charge in [-0.3, -0.25) is 9.36 Å². The Bertz CT molecular complexity index is 1090. The van der Waals surface area contributed by atoms with Gasteiger partial charge in [-0.15, -0.1) is 0 Å². The number of thioether (sulfide) groups is 1. The summed E-state index contributed by atoms with van der Waals surface area (Å²) in [6, 6.07) is 7.82. The van der Waals surface area contributed by atoms with Gasteiger partial charge < -0.3 is 4.52 Å². The molecule has 0 spiro atoms. The maximum atomic E-state index is 13.5. The second-order valence-electron chi connectivity index (χ2n) is 8.53. The van der Waals surface area contributed by atoms with Gasteiger partial charge in [0, 0.05) is 12.0 Å². The molecule has 1 aromatic carbocycles. The van der Waals surface area contributed by atoms with Crippen LogP contribution in [-0.4, -0.2) is 19.7 Å². The lowest BCUT2D eigenvalue weighted by Gasteiger charge is -2.36. The summed E-state index contributed by atoms with van der Waals surface area (Å²) in [4.78, 5) is 22.9. The summed E-state index contributed by atoms with van der Waals surface area (Å²) in [6.07, 6.45) is 5.67. The molecule has 3 atom stereocenters. The minimum atomic E-state index is 0.0656. The number of benzene rings is 1. The van der Waals surface area contributed by atoms with E-state index >= 15 is 0 Å². The zero-order valence-corrected chi connectivity index (χ0v) is 17.7. The normalized spacial score (nSPS) is 24.8. The highest BCUT2D eigenvalue weighted by Crippen LogP contribution is 2.40. The molecular formula is C22H26N4O2S. The van der Waals surface area contributed by atoms with Gasteiger partial charge in [-0.25, -0.2) is 4.98 Å². The molecule has 3 aromatic rings. The lowest BCUT2D eigenvalue weighted by molar-refractivity contribution is 0.173. The van der Waals surface area contributed by atoms with E-state index in [9.17, 15) is 4.79 Å². The Kier molecular flexibility index (Phi) is 4.94. The van der Waals surface area contributed by atoms with Crippen molar-refractivity contribution in [1.82, 2.24) is 19.7 Å². The van der Waals surface area contributed by atoms with Gasteiger partial charge >= 0.3 is 0 Å². The maximum Gasteiger partial charge on any atom is 0.262 e. The molecule has 2 aliphatic carbocycles. The summed E-state index contributed by atoms with van der Waals surface area (Å²) < 4.78 is 7.34. The lowest BCUT2D eigenvalue weighted by Crippen LogP contribution is -2.35. The van der Waals surface area contributed by atoms with Crippen LogP contribution in [0.5, 0.6) is 0 Å². The highest BCUT2D eigenvalue weighted by molar-refractivity contribution is 7.98. The number of aromatic nitrogens is 4. The van der Waals surface area contributed by atoms with E-state index in [0.717, 1.165) is 42.2 Å². The van der Waals surface area contributed by atoms with Crippen LogP contribution in [0.15, 0.2) is 38.7 Å². The molecule has 152 valence electrons. The molecule has 0 saturated heterocycles. The van der Waals surface area contributed by atoms with Crippen molar-refractivity contribution in [2.45, 2.75) is 68.8 Å². The van der Waals surface area contributed by atoms with Gasteiger partial charge in [-0.05, 0) is 43.2 Å². The average Bonchev–Trinajstić information content (AvgIpc) is 3.47. The summed E-state index contributed by atoms with van der Waals surface area (Å²) in [7, 11) is 0. The second-order valence-corrected chi connectivity index (χ2v) is 9.48. The third-order valence-electron chi connectivity index (χ3n) is 6.51. The van der Waals surface area contributed by atoms with Crippen LogP contribution in [0.2, 0.25) is 0 Å². The van der Waals surface area contributed by atoms with Crippen LogP contribution in [0.4, 0.5) is 0 Å². The van der Waals surface area contributed by atoms with Crippen molar-refractivity contribution < 1.29 is 4.52 Å². The Balaban J connectivity index is 1.52. The molecule has 0 N–H and O–H groups in total. The molecule has 0 aliphatic heterocycles. The molecule has 29 heavy (non-hydrogen) atoms. The summed E-state index contributed by atoms with van der Waals surface area (Å²) >= 11 is 1.54. The van der Waals surface area contributed by atoms with Gasteiger partial charge in [0.15, 0.2) is 11.0 Å². The summed E-state index contributed by atoms with van der Waals surface area (Å²) in [5.41, 5.74) is 0.815. The van der Waals surface area contributed by atoms with Gasteiger partial charge in [0.05, 0.1) is 16.7 Å². The van der Waals surface area contributed by atoms with Crippen LogP contribution in [0.25, 0.3) is 10.9 Å². The third-order valence-corrected chi connectivity index (χ3v) is 7.46. The van der Waals surface area contributed by atoms with Crippen molar-refractivity contribution in [2.75, 3.05) is 0 Å². The fraction of sp³-hybridized carbons (Fsp3) is 0.545. The first-order valence-electron chi connectivity index (χ1n) is 10.6. The summed E-state index contributed by atoms with van der Waals surface area (Å²) in [6.45, 7) is 4.56. The van der Waals surface area contributed by atoms with E-state index in [4.69, 9.17) is 9.51 Å². The average molecular weight is 411 g/mol. The van der Waals surface area contributed by atoms with Crippen LogP contribution in [0, 0.1) is 11.8 Å². The number of fused-ring (bicyclic) bond motifs is 1. The predicted octanol–water partition coefficient (Wildman–Crippen LogP) is 4.95. The molecule has 0 radical (unpaired) electrons. The van der Waals surface area contributed by atoms with Gasteiger partial charge in [0.2, 0.25) is 5.89 Å². The largest absolute Gasteiger partial charge is 0.339 e.